The van der Waals surface area contributed by atoms with Crippen LogP contribution >= 0.6 is 0 Å². The molecule has 0 spiro atoms. The van der Waals surface area contributed by atoms with Gasteiger partial charge in [0.15, 0.2) is 5.54 Å². The van der Waals surface area contributed by atoms with Crippen molar-refractivity contribution in [2.45, 2.75) is 12.5 Å². The lowest BCUT2D eigenvalue weighted by Crippen LogP contribution is -2.42. The van der Waals surface area contributed by atoms with E-state index >= 15 is 0 Å². The van der Waals surface area contributed by atoms with Crippen LogP contribution in [0, 0.1) is 5.82 Å². The SMILES string of the molecule is C[C@]1(c2ccccn2)NC(=O)N(CC(=O)Nc2ccc(F)cc2)C1=O. The molecule has 1 aromatic carbocycles. The van der Waals surface area contributed by atoms with Crippen LogP contribution in [-0.2, 0) is 15.1 Å². The van der Waals surface area contributed by atoms with Crippen LogP contribution in [-0.4, -0.2) is 34.3 Å². The van der Waals surface area contributed by atoms with Gasteiger partial charge in [0.05, 0.1) is 5.69 Å². The summed E-state index contributed by atoms with van der Waals surface area (Å²) < 4.78 is 12.9. The number of carbonyl (C=O) groups is 3. The van der Waals surface area contributed by atoms with Gasteiger partial charge in [-0.1, -0.05) is 6.07 Å². The van der Waals surface area contributed by atoms with Gasteiger partial charge < -0.3 is 10.6 Å². The lowest BCUT2D eigenvalue weighted by atomic mass is 9.97. The van der Waals surface area contributed by atoms with Crippen molar-refractivity contribution in [3.63, 3.8) is 0 Å². The summed E-state index contributed by atoms with van der Waals surface area (Å²) in [4.78, 5) is 41.8. The number of nitrogens with one attached hydrogen (secondary N) is 2. The van der Waals surface area contributed by atoms with Crippen molar-refractivity contribution in [3.05, 3.63) is 60.2 Å². The normalized spacial score (nSPS) is 19.7. The second kappa shape index (κ2) is 6.31. The number of imide groups is 1. The summed E-state index contributed by atoms with van der Waals surface area (Å²) in [5.41, 5.74) is -0.574. The Kier molecular flexibility index (Phi) is 4.18. The highest BCUT2D eigenvalue weighted by Gasteiger charge is 2.50. The number of rotatable bonds is 4. The van der Waals surface area contributed by atoms with Crippen molar-refractivity contribution >= 4 is 23.5 Å². The highest BCUT2D eigenvalue weighted by Crippen LogP contribution is 2.27. The summed E-state index contributed by atoms with van der Waals surface area (Å²) in [6.45, 7) is 1.08. The fourth-order valence-corrected chi connectivity index (χ4v) is 2.55. The molecular formula is C17H15FN4O3. The van der Waals surface area contributed by atoms with Gasteiger partial charge >= 0.3 is 6.03 Å². The number of amides is 4. The Morgan fingerprint density at radius 1 is 1.24 bits per heavy atom. The molecule has 128 valence electrons. The minimum atomic E-state index is -1.32. The highest BCUT2D eigenvalue weighted by atomic mass is 19.1. The molecule has 1 fully saturated rings. The predicted molar refractivity (Wildman–Crippen MR) is 86.9 cm³/mol. The van der Waals surface area contributed by atoms with Crippen molar-refractivity contribution in [1.82, 2.24) is 15.2 Å². The predicted octanol–water partition coefficient (Wildman–Crippen LogP) is 1.63. The van der Waals surface area contributed by atoms with Gasteiger partial charge in [0.1, 0.15) is 12.4 Å². The Balaban J connectivity index is 1.72. The molecular weight excluding hydrogens is 327 g/mol. The van der Waals surface area contributed by atoms with Crippen molar-refractivity contribution in [2.24, 2.45) is 0 Å². The zero-order valence-corrected chi connectivity index (χ0v) is 13.3. The smallest absolute Gasteiger partial charge is 0.325 e. The highest BCUT2D eigenvalue weighted by molar-refractivity contribution is 6.10. The number of anilines is 1. The van der Waals surface area contributed by atoms with E-state index in [0.29, 0.717) is 11.4 Å². The Bertz CT molecular complexity index is 826. The number of carbonyl (C=O) groups excluding carboxylic acids is 3. The average Bonchev–Trinajstić information content (AvgIpc) is 2.82. The zero-order valence-electron chi connectivity index (χ0n) is 13.3. The lowest BCUT2D eigenvalue weighted by molar-refractivity contribution is -0.133. The van der Waals surface area contributed by atoms with Crippen molar-refractivity contribution in [1.29, 1.82) is 0 Å². The molecule has 8 heteroatoms. The van der Waals surface area contributed by atoms with Crippen molar-refractivity contribution in [2.75, 3.05) is 11.9 Å². The molecule has 4 amide bonds. The average molecular weight is 342 g/mol. The molecule has 1 aliphatic rings. The summed E-state index contributed by atoms with van der Waals surface area (Å²) in [5, 5.41) is 5.08. The van der Waals surface area contributed by atoms with Crippen LogP contribution in [0.25, 0.3) is 0 Å². The molecule has 1 aromatic heterocycles. The van der Waals surface area contributed by atoms with E-state index in [9.17, 15) is 18.8 Å². The molecule has 1 atom stereocenters. The third-order valence-electron chi connectivity index (χ3n) is 3.88. The van der Waals surface area contributed by atoms with Crippen LogP contribution in [0.1, 0.15) is 12.6 Å². The van der Waals surface area contributed by atoms with E-state index in [0.717, 1.165) is 4.90 Å². The van der Waals surface area contributed by atoms with E-state index < -0.39 is 35.7 Å². The third-order valence-corrected chi connectivity index (χ3v) is 3.88. The molecule has 7 nitrogen and oxygen atoms in total. The number of benzene rings is 1. The quantitative estimate of drug-likeness (QED) is 0.826. The van der Waals surface area contributed by atoms with Crippen molar-refractivity contribution < 1.29 is 18.8 Å². The lowest BCUT2D eigenvalue weighted by Gasteiger charge is -2.20. The van der Waals surface area contributed by atoms with Gasteiger partial charge in [0.2, 0.25) is 5.91 Å². The number of aromatic nitrogens is 1. The second-order valence-electron chi connectivity index (χ2n) is 5.72. The number of hydrogen-bond acceptors (Lipinski definition) is 4. The van der Waals surface area contributed by atoms with E-state index in [4.69, 9.17) is 0 Å². The summed E-state index contributed by atoms with van der Waals surface area (Å²) in [5.74, 6) is -1.57. The van der Waals surface area contributed by atoms with Crippen LogP contribution in [0.15, 0.2) is 48.7 Å². The van der Waals surface area contributed by atoms with Crippen LogP contribution in [0.2, 0.25) is 0 Å². The van der Waals surface area contributed by atoms with E-state index in [1.165, 1.54) is 37.4 Å². The first-order chi connectivity index (χ1) is 11.9. The fourth-order valence-electron chi connectivity index (χ4n) is 2.55. The van der Waals surface area contributed by atoms with Crippen LogP contribution in [0.5, 0.6) is 0 Å². The standard InChI is InChI=1S/C17H15FN4O3/c1-17(13-4-2-3-9-19-13)15(24)22(16(25)21-17)10-14(23)20-12-7-5-11(18)6-8-12/h2-9H,10H2,1H3,(H,20,23)(H,21,25)/t17-/m1/s1. The summed E-state index contributed by atoms with van der Waals surface area (Å²) in [6, 6.07) is 9.52. The Labute approximate surface area is 142 Å². The zero-order chi connectivity index (χ0) is 18.0. The van der Waals surface area contributed by atoms with E-state index in [1.807, 2.05) is 0 Å². The van der Waals surface area contributed by atoms with Crippen LogP contribution < -0.4 is 10.6 Å². The Morgan fingerprint density at radius 2 is 1.96 bits per heavy atom. The van der Waals surface area contributed by atoms with E-state index in [1.54, 1.807) is 18.2 Å². The van der Waals surface area contributed by atoms with E-state index in [2.05, 4.69) is 15.6 Å². The number of pyridine rings is 1. The van der Waals surface area contributed by atoms with Gasteiger partial charge in [-0.25, -0.2) is 9.18 Å². The maximum absolute atomic E-state index is 12.9. The fraction of sp³-hybridized carbons (Fsp3) is 0.176. The number of nitrogens with zero attached hydrogens (tertiary/aromatic N) is 2. The molecule has 25 heavy (non-hydrogen) atoms. The Morgan fingerprint density at radius 3 is 2.60 bits per heavy atom. The second-order valence-corrected chi connectivity index (χ2v) is 5.72. The number of halogens is 1. The summed E-state index contributed by atoms with van der Waals surface area (Å²) in [7, 11) is 0. The molecule has 0 saturated carbocycles. The number of hydrogen-bond donors (Lipinski definition) is 2. The monoisotopic (exact) mass is 342 g/mol. The molecule has 1 aliphatic heterocycles. The first kappa shape index (κ1) is 16.6. The molecule has 1 saturated heterocycles. The molecule has 0 aliphatic carbocycles. The van der Waals surface area contributed by atoms with Crippen LogP contribution in [0.4, 0.5) is 14.9 Å². The first-order valence-electron chi connectivity index (χ1n) is 7.51. The van der Waals surface area contributed by atoms with E-state index in [-0.39, 0.29) is 0 Å². The third kappa shape index (κ3) is 3.18. The summed E-state index contributed by atoms with van der Waals surface area (Å²) >= 11 is 0. The van der Waals surface area contributed by atoms with Gasteiger partial charge in [-0.05, 0) is 43.3 Å². The maximum Gasteiger partial charge on any atom is 0.325 e. The van der Waals surface area contributed by atoms with Gasteiger partial charge in [-0.3, -0.25) is 19.5 Å². The maximum atomic E-state index is 12.9. The van der Waals surface area contributed by atoms with Gasteiger partial charge in [0.25, 0.3) is 5.91 Å². The molecule has 0 unspecified atom stereocenters. The molecule has 0 bridgehead atoms. The van der Waals surface area contributed by atoms with Crippen LogP contribution in [0.3, 0.4) is 0 Å². The Hall–Kier alpha value is -3.29. The largest absolute Gasteiger partial charge is 0.325 e. The molecule has 2 N–H and O–H groups in total. The first-order valence-corrected chi connectivity index (χ1v) is 7.51. The molecule has 2 heterocycles. The minimum Gasteiger partial charge on any atom is -0.325 e. The minimum absolute atomic E-state index is 0.367. The van der Waals surface area contributed by atoms with Crippen molar-refractivity contribution in [3.8, 4) is 0 Å². The topological polar surface area (TPSA) is 91.4 Å². The molecule has 2 aromatic rings. The van der Waals surface area contributed by atoms with Gasteiger partial charge in [0, 0.05) is 11.9 Å². The van der Waals surface area contributed by atoms with Gasteiger partial charge in [-0.15, -0.1) is 0 Å². The molecule has 3 rings (SSSR count). The van der Waals surface area contributed by atoms with Gasteiger partial charge in [-0.2, -0.15) is 0 Å². The molecule has 0 radical (unpaired) electrons. The summed E-state index contributed by atoms with van der Waals surface area (Å²) in [6.07, 6.45) is 1.52. The number of urea groups is 1.